The van der Waals surface area contributed by atoms with Crippen LogP contribution in [0.25, 0.3) is 0 Å². The Morgan fingerprint density at radius 1 is 0.333 bits per heavy atom. The zero-order chi connectivity index (χ0) is 47.5. The molecule has 0 heterocycles. The van der Waals surface area contributed by atoms with Gasteiger partial charge in [-0.2, -0.15) is 9.78 Å². The van der Waals surface area contributed by atoms with Crippen molar-refractivity contribution in [3.8, 4) is 23.7 Å². The van der Waals surface area contributed by atoms with E-state index in [0.29, 0.717) is 11.1 Å². The Kier molecular flexibility index (Phi) is 18.2. The summed E-state index contributed by atoms with van der Waals surface area (Å²) in [5.74, 6) is 10.7. The van der Waals surface area contributed by atoms with Gasteiger partial charge in [-0.25, -0.2) is 29.1 Å². The van der Waals surface area contributed by atoms with Crippen LogP contribution in [0.1, 0.15) is 111 Å². The molecular formula is C56H56O10. The molecule has 0 atom stereocenters. The Hall–Kier alpha value is -6.86. The minimum atomic E-state index is -1.10. The van der Waals surface area contributed by atoms with Crippen LogP contribution in [0, 0.1) is 23.7 Å². The molecule has 10 nitrogen and oxygen atoms in total. The molecule has 0 unspecified atom stereocenters. The van der Waals surface area contributed by atoms with Gasteiger partial charge in [-0.05, 0) is 102 Å². The summed E-state index contributed by atoms with van der Waals surface area (Å²) in [4.78, 5) is 67.6. The topological polar surface area (TPSA) is 108 Å². The second kappa shape index (κ2) is 23.9. The van der Waals surface area contributed by atoms with Gasteiger partial charge in [0.2, 0.25) is 0 Å². The molecule has 0 amide bonds. The van der Waals surface area contributed by atoms with E-state index in [0.717, 1.165) is 22.3 Å². The Balaban J connectivity index is 0.000000260. The van der Waals surface area contributed by atoms with E-state index in [2.05, 4.69) is 23.7 Å². The molecule has 66 heavy (non-hydrogen) atoms. The third-order valence-corrected chi connectivity index (χ3v) is 9.11. The number of hydrogen-bond acceptors (Lipinski definition) is 10. The van der Waals surface area contributed by atoms with E-state index in [1.165, 1.54) is 0 Å². The van der Waals surface area contributed by atoms with Crippen LogP contribution in [0.3, 0.4) is 0 Å². The molecule has 6 aromatic rings. The first-order valence-electron chi connectivity index (χ1n) is 21.4. The maximum atomic E-state index is 11.9. The van der Waals surface area contributed by atoms with Crippen molar-refractivity contribution in [2.45, 2.75) is 90.0 Å². The number of carbonyl (C=O) groups excluding carboxylic acids is 2. The highest BCUT2D eigenvalue weighted by Crippen LogP contribution is 2.30. The summed E-state index contributed by atoms with van der Waals surface area (Å²) in [6.07, 6.45) is -0.771. The van der Waals surface area contributed by atoms with Gasteiger partial charge in [-0.3, -0.25) is 9.78 Å². The van der Waals surface area contributed by atoms with Gasteiger partial charge in [-0.1, -0.05) is 181 Å². The summed E-state index contributed by atoms with van der Waals surface area (Å²) in [5.41, 5.74) is 0.690. The van der Waals surface area contributed by atoms with Gasteiger partial charge in [0.15, 0.2) is 22.4 Å². The summed E-state index contributed by atoms with van der Waals surface area (Å²) in [6.45, 7) is 14.0. The Morgan fingerprint density at radius 2 is 0.545 bits per heavy atom. The molecule has 6 aromatic carbocycles. The third kappa shape index (κ3) is 16.9. The van der Waals surface area contributed by atoms with Gasteiger partial charge in [0, 0.05) is 0 Å². The maximum absolute atomic E-state index is 11.9. The van der Waals surface area contributed by atoms with Gasteiger partial charge in [-0.15, -0.1) is 0 Å². The van der Waals surface area contributed by atoms with E-state index in [4.69, 9.17) is 39.1 Å². The first kappa shape index (κ1) is 50.1. The van der Waals surface area contributed by atoms with Gasteiger partial charge in [0.05, 0.1) is 11.1 Å². The number of hydrogen-bond donors (Lipinski definition) is 0. The summed E-state index contributed by atoms with van der Waals surface area (Å²) < 4.78 is 0. The van der Waals surface area contributed by atoms with Crippen molar-refractivity contribution < 1.29 is 48.7 Å². The zero-order valence-corrected chi connectivity index (χ0v) is 38.6. The largest absolute Gasteiger partial charge is 0.373 e. The fraction of sp³-hybridized carbons (Fsp3) is 0.250. The lowest BCUT2D eigenvalue weighted by molar-refractivity contribution is -0.361. The summed E-state index contributed by atoms with van der Waals surface area (Å²) >= 11 is 0. The maximum Gasteiger partial charge on any atom is 0.373 e. The second-order valence-corrected chi connectivity index (χ2v) is 16.9. The van der Waals surface area contributed by atoms with Crippen molar-refractivity contribution in [3.05, 3.63) is 215 Å². The van der Waals surface area contributed by atoms with Crippen molar-refractivity contribution >= 4 is 11.9 Å². The monoisotopic (exact) mass is 888 g/mol. The Labute approximate surface area is 388 Å². The number of carbonyl (C=O) groups is 2. The smallest absolute Gasteiger partial charge is 0.291 e. The quantitative estimate of drug-likeness (QED) is 0.0529. The minimum Gasteiger partial charge on any atom is -0.291 e. The van der Waals surface area contributed by atoms with E-state index in [9.17, 15) is 9.59 Å². The van der Waals surface area contributed by atoms with E-state index in [-0.39, 0.29) is 12.2 Å². The Bertz CT molecular complexity index is 2270. The molecule has 0 bridgehead atoms. The highest BCUT2D eigenvalue weighted by atomic mass is 17.2. The average molecular weight is 889 g/mol. The minimum absolute atomic E-state index is 0.364. The van der Waals surface area contributed by atoms with E-state index in [1.807, 2.05) is 149 Å². The lowest BCUT2D eigenvalue weighted by Crippen LogP contribution is -2.28. The van der Waals surface area contributed by atoms with Crippen LogP contribution in [-0.4, -0.2) is 34.3 Å². The number of benzene rings is 6. The van der Waals surface area contributed by atoms with Crippen LogP contribution in [0.2, 0.25) is 0 Å². The fourth-order valence-electron chi connectivity index (χ4n) is 5.67. The molecule has 0 aliphatic heterocycles. The van der Waals surface area contributed by atoms with E-state index in [1.54, 1.807) is 88.4 Å². The highest BCUT2D eigenvalue weighted by Gasteiger charge is 2.27. The molecule has 0 spiro atoms. The summed E-state index contributed by atoms with van der Waals surface area (Å²) in [7, 11) is 0. The SMILES string of the molecule is CC(C)(C#CC(C)(C)OOC(=O)c1ccccc1)OOC(=O)c1ccccc1.CC(C)(C#CC(C)(C)OOC(c1ccccc1)c1ccccc1)OOC(c1ccccc1)c1ccccc1. The third-order valence-electron chi connectivity index (χ3n) is 9.11. The second-order valence-electron chi connectivity index (χ2n) is 16.9. The first-order chi connectivity index (χ1) is 31.5. The Morgan fingerprint density at radius 3 is 0.788 bits per heavy atom. The summed E-state index contributed by atoms with van der Waals surface area (Å²) in [6, 6.07) is 56.8. The molecule has 0 N–H and O–H groups in total. The van der Waals surface area contributed by atoms with Gasteiger partial charge < -0.3 is 0 Å². The van der Waals surface area contributed by atoms with Crippen molar-refractivity contribution in [3.63, 3.8) is 0 Å². The fourth-order valence-corrected chi connectivity index (χ4v) is 5.67. The van der Waals surface area contributed by atoms with Crippen LogP contribution < -0.4 is 0 Å². The van der Waals surface area contributed by atoms with Crippen LogP contribution >= 0.6 is 0 Å². The first-order valence-corrected chi connectivity index (χ1v) is 21.4. The lowest BCUT2D eigenvalue weighted by atomic mass is 10.0. The molecule has 340 valence electrons. The zero-order valence-electron chi connectivity index (χ0n) is 38.6. The van der Waals surface area contributed by atoms with Gasteiger partial charge >= 0.3 is 11.9 Å². The normalized spacial score (nSPS) is 11.5. The molecule has 0 aromatic heterocycles. The summed E-state index contributed by atoms with van der Waals surface area (Å²) in [5, 5.41) is 0. The molecule has 0 radical (unpaired) electrons. The van der Waals surface area contributed by atoms with Gasteiger partial charge in [0.25, 0.3) is 0 Å². The van der Waals surface area contributed by atoms with E-state index < -0.39 is 34.3 Å². The molecule has 10 heteroatoms. The van der Waals surface area contributed by atoms with Crippen molar-refractivity contribution in [2.24, 2.45) is 0 Å². The average Bonchev–Trinajstić information content (AvgIpc) is 3.34. The molecular weight excluding hydrogens is 833 g/mol. The molecule has 0 saturated carbocycles. The predicted molar refractivity (Wildman–Crippen MR) is 252 cm³/mol. The lowest BCUT2D eigenvalue weighted by Gasteiger charge is -2.25. The van der Waals surface area contributed by atoms with Crippen LogP contribution in [-0.2, 0) is 39.1 Å². The van der Waals surface area contributed by atoms with Crippen molar-refractivity contribution in [1.82, 2.24) is 0 Å². The molecule has 0 aliphatic carbocycles. The van der Waals surface area contributed by atoms with Gasteiger partial charge in [0.1, 0.15) is 12.2 Å². The standard InChI is InChI=1S/C34H34O4.C22H22O6/c1-33(2,37-35-31(27-17-9-5-10-18-27)28-19-11-6-12-20-28)25-26-34(3,4)38-36-32(29-21-13-7-14-22-29)30-23-15-8-16-24-30;1-21(2,27-25-19(23)17-11-7-5-8-12-17)15-16-22(3,4)28-26-20(24)18-13-9-6-10-14-18/h5-24,31-32H,1-4H3;5-14H,1-4H3. The van der Waals surface area contributed by atoms with Crippen LogP contribution in [0.4, 0.5) is 0 Å². The molecule has 0 saturated heterocycles. The van der Waals surface area contributed by atoms with Crippen LogP contribution in [0.15, 0.2) is 182 Å². The van der Waals surface area contributed by atoms with Crippen molar-refractivity contribution in [1.29, 1.82) is 0 Å². The predicted octanol–water partition coefficient (Wildman–Crippen LogP) is 12.1. The van der Waals surface area contributed by atoms with Crippen molar-refractivity contribution in [2.75, 3.05) is 0 Å². The molecule has 6 rings (SSSR count). The molecule has 0 fully saturated rings. The van der Waals surface area contributed by atoms with Crippen LogP contribution in [0.5, 0.6) is 0 Å². The number of rotatable bonds is 16. The highest BCUT2D eigenvalue weighted by molar-refractivity contribution is 5.89. The van der Waals surface area contributed by atoms with E-state index >= 15 is 0 Å². The molecule has 0 aliphatic rings.